The second-order valence-electron chi connectivity index (χ2n) is 5.09. The first-order valence-electron chi connectivity index (χ1n) is 6.20. The monoisotopic (exact) mass is 231 g/mol. The molecule has 0 aromatic rings. The Hall–Kier alpha value is -0.570. The van der Waals surface area contributed by atoms with Gasteiger partial charge in [-0.25, -0.2) is 0 Å². The summed E-state index contributed by atoms with van der Waals surface area (Å²) in [7, 11) is 0. The van der Waals surface area contributed by atoms with Crippen LogP contribution < -0.4 is 5.73 Å². The molecule has 0 aromatic heterocycles. The molecule has 0 saturated heterocycles. The maximum Gasteiger partial charge on any atom is 0.300 e. The maximum absolute atomic E-state index is 9.00. The highest BCUT2D eigenvalue weighted by molar-refractivity contribution is 5.62. The second kappa shape index (κ2) is 9.64. The molecule has 0 aliphatic rings. The maximum atomic E-state index is 9.00. The van der Waals surface area contributed by atoms with Crippen LogP contribution in [0.25, 0.3) is 0 Å². The van der Waals surface area contributed by atoms with E-state index in [4.69, 9.17) is 15.6 Å². The van der Waals surface area contributed by atoms with Crippen molar-refractivity contribution < 1.29 is 9.90 Å². The molecule has 0 bridgehead atoms. The van der Waals surface area contributed by atoms with Crippen molar-refractivity contribution >= 4 is 5.97 Å². The third-order valence-corrected chi connectivity index (χ3v) is 2.76. The fourth-order valence-corrected chi connectivity index (χ4v) is 1.25. The summed E-state index contributed by atoms with van der Waals surface area (Å²) in [4.78, 5) is 9.00. The van der Waals surface area contributed by atoms with E-state index in [1.54, 1.807) is 0 Å². The number of aliphatic carboxylic acids is 1. The zero-order chi connectivity index (χ0) is 13.2. The number of nitrogens with two attached hydrogens (primary N) is 1. The van der Waals surface area contributed by atoms with Crippen molar-refractivity contribution in [3.8, 4) is 0 Å². The summed E-state index contributed by atoms with van der Waals surface area (Å²) in [5, 5.41) is 7.42. The number of unbranched alkanes of at least 4 members (excludes halogenated alkanes) is 3. The molecule has 3 N–H and O–H groups in total. The number of carboxylic acids is 1. The van der Waals surface area contributed by atoms with Crippen LogP contribution in [0.3, 0.4) is 0 Å². The van der Waals surface area contributed by atoms with E-state index in [9.17, 15) is 0 Å². The van der Waals surface area contributed by atoms with Crippen LogP contribution in [-0.4, -0.2) is 16.6 Å². The van der Waals surface area contributed by atoms with E-state index in [0.717, 1.165) is 6.92 Å². The van der Waals surface area contributed by atoms with Gasteiger partial charge in [0.05, 0.1) is 0 Å². The smallest absolute Gasteiger partial charge is 0.300 e. The van der Waals surface area contributed by atoms with Gasteiger partial charge < -0.3 is 10.8 Å². The van der Waals surface area contributed by atoms with E-state index < -0.39 is 5.97 Å². The van der Waals surface area contributed by atoms with Crippen molar-refractivity contribution in [2.45, 2.75) is 72.3 Å². The van der Waals surface area contributed by atoms with Crippen LogP contribution in [0, 0.1) is 5.92 Å². The van der Waals surface area contributed by atoms with Gasteiger partial charge in [0.25, 0.3) is 5.97 Å². The average Bonchev–Trinajstić information content (AvgIpc) is 2.09. The first kappa shape index (κ1) is 17.8. The lowest BCUT2D eigenvalue weighted by Crippen LogP contribution is -2.39. The fourth-order valence-electron chi connectivity index (χ4n) is 1.25. The van der Waals surface area contributed by atoms with Gasteiger partial charge in [0, 0.05) is 12.5 Å². The Labute approximate surface area is 100 Å². The Kier molecular flexibility index (Phi) is 10.7. The summed E-state index contributed by atoms with van der Waals surface area (Å²) < 4.78 is 0. The molecule has 0 radical (unpaired) electrons. The lowest BCUT2D eigenvalue weighted by Gasteiger charge is -2.27. The van der Waals surface area contributed by atoms with Crippen LogP contribution in [0.1, 0.15) is 66.7 Å². The number of carboxylic acid groups (broad SMARTS) is 1. The predicted octanol–water partition coefficient (Wildman–Crippen LogP) is 3.42. The van der Waals surface area contributed by atoms with Gasteiger partial charge in [0.2, 0.25) is 0 Å². The van der Waals surface area contributed by atoms with Gasteiger partial charge in [-0.15, -0.1) is 0 Å². The van der Waals surface area contributed by atoms with Crippen LogP contribution >= 0.6 is 0 Å². The summed E-state index contributed by atoms with van der Waals surface area (Å²) in [6.45, 7) is 9.83. The number of carbonyl (C=O) groups is 1. The highest BCUT2D eigenvalue weighted by Gasteiger charge is 2.19. The Morgan fingerprint density at radius 1 is 1.31 bits per heavy atom. The molecule has 98 valence electrons. The van der Waals surface area contributed by atoms with Crippen molar-refractivity contribution in [2.24, 2.45) is 11.7 Å². The highest BCUT2D eigenvalue weighted by Crippen LogP contribution is 2.19. The summed E-state index contributed by atoms with van der Waals surface area (Å²) in [5.41, 5.74) is 6.00. The summed E-state index contributed by atoms with van der Waals surface area (Å²) >= 11 is 0. The molecule has 16 heavy (non-hydrogen) atoms. The zero-order valence-corrected chi connectivity index (χ0v) is 11.5. The minimum absolute atomic E-state index is 0.00617. The summed E-state index contributed by atoms with van der Waals surface area (Å²) in [5.74, 6) is -0.186. The van der Waals surface area contributed by atoms with Crippen LogP contribution in [0.15, 0.2) is 0 Å². The normalized spacial score (nSPS) is 12.6. The minimum Gasteiger partial charge on any atom is -0.481 e. The van der Waals surface area contributed by atoms with Crippen LogP contribution in [0.4, 0.5) is 0 Å². The average molecular weight is 231 g/mol. The third kappa shape index (κ3) is 15.9. The number of hydrogen-bond acceptors (Lipinski definition) is 2. The fraction of sp³-hybridized carbons (Fsp3) is 0.923. The Balaban J connectivity index is 0. The van der Waals surface area contributed by atoms with Gasteiger partial charge in [0.15, 0.2) is 0 Å². The molecule has 0 fully saturated rings. The Morgan fingerprint density at radius 2 is 1.75 bits per heavy atom. The molecule has 0 rings (SSSR count). The lowest BCUT2D eigenvalue weighted by molar-refractivity contribution is -0.134. The largest absolute Gasteiger partial charge is 0.481 e. The van der Waals surface area contributed by atoms with E-state index in [-0.39, 0.29) is 5.54 Å². The van der Waals surface area contributed by atoms with Crippen molar-refractivity contribution in [2.75, 3.05) is 0 Å². The van der Waals surface area contributed by atoms with Crippen molar-refractivity contribution in [1.82, 2.24) is 0 Å². The molecule has 0 aliphatic carbocycles. The second-order valence-corrected chi connectivity index (χ2v) is 5.09. The van der Waals surface area contributed by atoms with Crippen molar-refractivity contribution in [3.63, 3.8) is 0 Å². The Bertz CT molecular complexity index is 169. The van der Waals surface area contributed by atoms with Crippen LogP contribution in [0.2, 0.25) is 0 Å². The van der Waals surface area contributed by atoms with E-state index in [0.29, 0.717) is 5.92 Å². The summed E-state index contributed by atoms with van der Waals surface area (Å²) in [6.07, 6.45) is 6.69. The van der Waals surface area contributed by atoms with Crippen molar-refractivity contribution in [1.29, 1.82) is 0 Å². The van der Waals surface area contributed by atoms with Gasteiger partial charge in [-0.05, 0) is 26.2 Å². The molecule has 1 atom stereocenters. The first-order valence-corrected chi connectivity index (χ1v) is 6.20. The quantitative estimate of drug-likeness (QED) is 0.688. The van der Waals surface area contributed by atoms with Crippen molar-refractivity contribution in [3.05, 3.63) is 0 Å². The topological polar surface area (TPSA) is 63.3 Å². The standard InChI is InChI=1S/C11H25N.C2H4O2/c1-5-6-7-8-9-10(2)11(3,4)12;1-2(3)4/h10H,5-9,12H2,1-4H3;1H3,(H,3,4). The predicted molar refractivity (Wildman–Crippen MR) is 69.5 cm³/mol. The molecular formula is C13H29NO2. The summed E-state index contributed by atoms with van der Waals surface area (Å²) in [6, 6.07) is 0. The van der Waals surface area contributed by atoms with Gasteiger partial charge in [-0.3, -0.25) is 4.79 Å². The molecule has 0 aromatic carbocycles. The van der Waals surface area contributed by atoms with E-state index in [1.807, 2.05) is 0 Å². The lowest BCUT2D eigenvalue weighted by atomic mass is 9.86. The van der Waals surface area contributed by atoms with E-state index in [1.165, 1.54) is 32.1 Å². The molecule has 1 unspecified atom stereocenters. The molecule has 0 heterocycles. The highest BCUT2D eigenvalue weighted by atomic mass is 16.4. The minimum atomic E-state index is -0.833. The van der Waals surface area contributed by atoms with Gasteiger partial charge >= 0.3 is 0 Å². The molecule has 0 saturated carbocycles. The van der Waals surface area contributed by atoms with Crippen LogP contribution in [0.5, 0.6) is 0 Å². The molecule has 3 nitrogen and oxygen atoms in total. The first-order chi connectivity index (χ1) is 7.21. The van der Waals surface area contributed by atoms with Gasteiger partial charge in [0.1, 0.15) is 0 Å². The van der Waals surface area contributed by atoms with E-state index >= 15 is 0 Å². The van der Waals surface area contributed by atoms with E-state index in [2.05, 4.69) is 27.7 Å². The van der Waals surface area contributed by atoms with Gasteiger partial charge in [-0.2, -0.15) is 0 Å². The zero-order valence-electron chi connectivity index (χ0n) is 11.5. The molecule has 0 spiro atoms. The molecule has 0 aliphatic heterocycles. The molecule has 3 heteroatoms. The Morgan fingerprint density at radius 3 is 2.06 bits per heavy atom. The number of hydrogen-bond donors (Lipinski definition) is 2. The van der Waals surface area contributed by atoms with Crippen LogP contribution in [-0.2, 0) is 4.79 Å². The SMILES string of the molecule is CC(=O)O.CCCCCCC(C)C(C)(C)N. The number of rotatable bonds is 6. The molecular weight excluding hydrogens is 202 g/mol. The van der Waals surface area contributed by atoms with Gasteiger partial charge in [-0.1, -0.05) is 39.5 Å². The molecule has 0 amide bonds. The third-order valence-electron chi connectivity index (χ3n) is 2.76.